The molecule has 26 heavy (non-hydrogen) atoms. The Morgan fingerprint density at radius 1 is 1.12 bits per heavy atom. The van der Waals surface area contributed by atoms with Crippen LogP contribution in [0.3, 0.4) is 0 Å². The first kappa shape index (κ1) is 17.9. The lowest BCUT2D eigenvalue weighted by Crippen LogP contribution is -2.48. The number of methoxy groups -OCH3 is 1. The van der Waals surface area contributed by atoms with Gasteiger partial charge in [0.2, 0.25) is 0 Å². The van der Waals surface area contributed by atoms with Crippen LogP contribution >= 0.6 is 0 Å². The fourth-order valence-electron chi connectivity index (χ4n) is 3.03. The second-order valence-electron chi connectivity index (χ2n) is 6.18. The Morgan fingerprint density at radius 3 is 2.42 bits per heavy atom. The molecule has 1 fully saturated rings. The number of aliphatic carboxylic acids is 1. The molecule has 0 atom stereocenters. The van der Waals surface area contributed by atoms with E-state index in [1.54, 1.807) is 18.1 Å². The minimum absolute atomic E-state index is 0.173. The summed E-state index contributed by atoms with van der Waals surface area (Å²) in [4.78, 5) is 27.6. The van der Waals surface area contributed by atoms with Gasteiger partial charge in [-0.15, -0.1) is 0 Å². The molecule has 0 spiro atoms. The lowest BCUT2D eigenvalue weighted by atomic mass is 10.2. The van der Waals surface area contributed by atoms with E-state index in [4.69, 9.17) is 9.84 Å². The molecule has 1 aliphatic rings. The van der Waals surface area contributed by atoms with Crippen LogP contribution < -0.4 is 4.74 Å². The predicted octanol–water partition coefficient (Wildman–Crippen LogP) is 0.934. The molecule has 3 rings (SSSR count). The number of hydrogen-bond acceptors (Lipinski definition) is 5. The van der Waals surface area contributed by atoms with Crippen molar-refractivity contribution >= 4 is 11.9 Å². The van der Waals surface area contributed by atoms with Crippen LogP contribution in [0.1, 0.15) is 16.1 Å². The second kappa shape index (κ2) is 8.01. The van der Waals surface area contributed by atoms with Crippen LogP contribution in [0.5, 0.6) is 5.75 Å². The average Bonchev–Trinajstić information content (AvgIpc) is 3.10. The molecule has 0 aliphatic carbocycles. The molecule has 1 amide bonds. The molecule has 0 saturated carbocycles. The van der Waals surface area contributed by atoms with Crippen LogP contribution in [-0.2, 0) is 17.9 Å². The fraction of sp³-hybridized carbons (Fsp3) is 0.389. The van der Waals surface area contributed by atoms with Gasteiger partial charge in [0, 0.05) is 38.9 Å². The Morgan fingerprint density at radius 2 is 1.81 bits per heavy atom. The largest absolute Gasteiger partial charge is 0.497 e. The maximum Gasteiger partial charge on any atom is 0.325 e. The summed E-state index contributed by atoms with van der Waals surface area (Å²) in [5.74, 6) is -0.359. The summed E-state index contributed by atoms with van der Waals surface area (Å²) in [5.41, 5.74) is 1.51. The van der Waals surface area contributed by atoms with Gasteiger partial charge in [-0.25, -0.2) is 4.68 Å². The zero-order chi connectivity index (χ0) is 18.5. The van der Waals surface area contributed by atoms with Gasteiger partial charge < -0.3 is 14.7 Å². The minimum atomic E-state index is -1.02. The molecule has 8 nitrogen and oxygen atoms in total. The Balaban J connectivity index is 1.55. The molecule has 2 aromatic rings. The Labute approximate surface area is 151 Å². The molecule has 1 aromatic heterocycles. The normalized spacial score (nSPS) is 15.0. The number of carbonyl (C=O) groups is 2. The van der Waals surface area contributed by atoms with Crippen molar-refractivity contribution in [1.29, 1.82) is 0 Å². The van der Waals surface area contributed by atoms with E-state index < -0.39 is 5.97 Å². The van der Waals surface area contributed by atoms with Gasteiger partial charge >= 0.3 is 5.97 Å². The highest BCUT2D eigenvalue weighted by Gasteiger charge is 2.24. The van der Waals surface area contributed by atoms with Gasteiger partial charge in [0.1, 0.15) is 18.0 Å². The summed E-state index contributed by atoms with van der Waals surface area (Å²) in [5, 5.41) is 12.8. The van der Waals surface area contributed by atoms with Crippen molar-refractivity contribution in [2.75, 3.05) is 33.3 Å². The van der Waals surface area contributed by atoms with Gasteiger partial charge in [-0.3, -0.25) is 14.5 Å². The van der Waals surface area contributed by atoms with Crippen molar-refractivity contribution in [1.82, 2.24) is 19.6 Å². The van der Waals surface area contributed by atoms with Gasteiger partial charge in [-0.1, -0.05) is 12.1 Å². The number of piperazine rings is 1. The Kier molecular flexibility index (Phi) is 5.52. The van der Waals surface area contributed by atoms with E-state index in [-0.39, 0.29) is 12.5 Å². The van der Waals surface area contributed by atoms with Crippen LogP contribution in [0.15, 0.2) is 36.5 Å². The van der Waals surface area contributed by atoms with E-state index in [0.717, 1.165) is 25.4 Å². The van der Waals surface area contributed by atoms with Gasteiger partial charge in [-0.05, 0) is 23.8 Å². The van der Waals surface area contributed by atoms with Crippen molar-refractivity contribution in [3.05, 3.63) is 47.8 Å². The van der Waals surface area contributed by atoms with E-state index >= 15 is 0 Å². The highest BCUT2D eigenvalue weighted by molar-refractivity contribution is 5.93. The number of carboxylic acid groups (broad SMARTS) is 1. The molecular weight excluding hydrogens is 336 g/mol. The third-order valence-electron chi connectivity index (χ3n) is 4.45. The molecule has 0 radical (unpaired) electrons. The molecule has 0 unspecified atom stereocenters. The number of hydrogen-bond donors (Lipinski definition) is 1. The maximum atomic E-state index is 12.6. The topological polar surface area (TPSA) is 87.9 Å². The monoisotopic (exact) mass is 358 g/mol. The number of ether oxygens (including phenoxy) is 1. The highest BCUT2D eigenvalue weighted by atomic mass is 16.5. The van der Waals surface area contributed by atoms with E-state index in [9.17, 15) is 9.59 Å². The van der Waals surface area contributed by atoms with Crippen molar-refractivity contribution in [2.45, 2.75) is 13.1 Å². The Bertz CT molecular complexity index is 764. The van der Waals surface area contributed by atoms with Crippen molar-refractivity contribution < 1.29 is 19.4 Å². The molecule has 8 heteroatoms. The summed E-state index contributed by atoms with van der Waals surface area (Å²) in [6.07, 6.45) is 1.45. The van der Waals surface area contributed by atoms with Gasteiger partial charge in [-0.2, -0.15) is 5.10 Å². The zero-order valence-electron chi connectivity index (χ0n) is 14.7. The van der Waals surface area contributed by atoms with Crippen LogP contribution in [0.2, 0.25) is 0 Å². The van der Waals surface area contributed by atoms with Crippen molar-refractivity contribution in [3.63, 3.8) is 0 Å². The Hall–Kier alpha value is -2.87. The SMILES string of the molecule is COc1ccc(CN2CCN(C(=O)c3ccnn3CC(=O)O)CC2)cc1. The van der Waals surface area contributed by atoms with Gasteiger partial charge in [0.25, 0.3) is 5.91 Å². The van der Waals surface area contributed by atoms with E-state index in [2.05, 4.69) is 10.00 Å². The first-order valence-corrected chi connectivity index (χ1v) is 8.45. The molecule has 0 bridgehead atoms. The first-order valence-electron chi connectivity index (χ1n) is 8.45. The molecule has 138 valence electrons. The molecule has 2 heterocycles. The second-order valence-corrected chi connectivity index (χ2v) is 6.18. The van der Waals surface area contributed by atoms with Crippen LogP contribution in [0, 0.1) is 0 Å². The summed E-state index contributed by atoms with van der Waals surface area (Å²) in [6.45, 7) is 3.25. The number of rotatable bonds is 6. The molecule has 1 aromatic carbocycles. The standard InChI is InChI=1S/C18H22N4O4/c1-26-15-4-2-14(3-5-15)12-20-8-10-21(11-9-20)18(25)16-6-7-19-22(16)13-17(23)24/h2-7H,8-13H2,1H3,(H,23,24). The van der Waals surface area contributed by atoms with Crippen molar-refractivity contribution in [3.8, 4) is 5.75 Å². The summed E-state index contributed by atoms with van der Waals surface area (Å²) in [7, 11) is 1.65. The van der Waals surface area contributed by atoms with Crippen LogP contribution in [0.4, 0.5) is 0 Å². The number of carboxylic acids is 1. The lowest BCUT2D eigenvalue weighted by Gasteiger charge is -2.34. The maximum absolute atomic E-state index is 12.6. The number of amides is 1. The number of benzene rings is 1. The molecule has 1 saturated heterocycles. The van der Waals surface area contributed by atoms with Gasteiger partial charge in [0.05, 0.1) is 7.11 Å². The van der Waals surface area contributed by atoms with Crippen LogP contribution in [0.25, 0.3) is 0 Å². The first-order chi connectivity index (χ1) is 12.6. The van der Waals surface area contributed by atoms with E-state index in [0.29, 0.717) is 18.8 Å². The third kappa shape index (κ3) is 4.20. The average molecular weight is 358 g/mol. The molecule has 1 N–H and O–H groups in total. The number of carbonyl (C=O) groups excluding carboxylic acids is 1. The highest BCUT2D eigenvalue weighted by Crippen LogP contribution is 2.15. The van der Waals surface area contributed by atoms with Crippen molar-refractivity contribution in [2.24, 2.45) is 0 Å². The predicted molar refractivity (Wildman–Crippen MR) is 94.0 cm³/mol. The van der Waals surface area contributed by atoms with E-state index in [1.165, 1.54) is 16.4 Å². The number of nitrogens with zero attached hydrogens (tertiary/aromatic N) is 4. The fourth-order valence-corrected chi connectivity index (χ4v) is 3.03. The summed E-state index contributed by atoms with van der Waals surface area (Å²) >= 11 is 0. The van der Waals surface area contributed by atoms with Gasteiger partial charge in [0.15, 0.2) is 0 Å². The molecular formula is C18H22N4O4. The molecule has 1 aliphatic heterocycles. The smallest absolute Gasteiger partial charge is 0.325 e. The summed E-state index contributed by atoms with van der Waals surface area (Å²) < 4.78 is 6.40. The summed E-state index contributed by atoms with van der Waals surface area (Å²) in [6, 6.07) is 9.54. The minimum Gasteiger partial charge on any atom is -0.497 e. The van der Waals surface area contributed by atoms with Crippen LogP contribution in [-0.4, -0.2) is 69.9 Å². The number of aromatic nitrogens is 2. The van der Waals surface area contributed by atoms with E-state index in [1.807, 2.05) is 24.3 Å². The zero-order valence-corrected chi connectivity index (χ0v) is 14.7. The quantitative estimate of drug-likeness (QED) is 0.827. The lowest BCUT2D eigenvalue weighted by molar-refractivity contribution is -0.137. The third-order valence-corrected chi connectivity index (χ3v) is 4.45.